The van der Waals surface area contributed by atoms with E-state index < -0.39 is 0 Å². The average molecular weight is 328 g/mol. The van der Waals surface area contributed by atoms with E-state index in [1.54, 1.807) is 25.5 Å². The number of hydrogen-bond donors (Lipinski definition) is 2. The Morgan fingerprint density at radius 1 is 1.20 bits per heavy atom. The van der Waals surface area contributed by atoms with Gasteiger partial charge in [-0.1, -0.05) is 43.0 Å². The van der Waals surface area contributed by atoms with E-state index in [4.69, 9.17) is 5.41 Å². The van der Waals surface area contributed by atoms with E-state index in [2.05, 4.69) is 21.9 Å². The quantitative estimate of drug-likeness (QED) is 0.642. The molecule has 0 bridgehead atoms. The van der Waals surface area contributed by atoms with Crippen LogP contribution in [0.4, 0.5) is 5.69 Å². The van der Waals surface area contributed by atoms with Gasteiger partial charge in [0.25, 0.3) is 0 Å². The van der Waals surface area contributed by atoms with Crippen molar-refractivity contribution in [1.82, 2.24) is 4.98 Å². The molecule has 0 aliphatic heterocycles. The van der Waals surface area contributed by atoms with Gasteiger partial charge in [0.2, 0.25) is 0 Å². The zero-order valence-electron chi connectivity index (χ0n) is 14.4. The second-order valence-corrected chi connectivity index (χ2v) is 5.57. The SMILES string of the molecule is C=CC1=C(/C=C\C)c2c(cccc2C(=NC)Nc2ccncc2)C1=N. The van der Waals surface area contributed by atoms with Crippen molar-refractivity contribution in [3.8, 4) is 0 Å². The van der Waals surface area contributed by atoms with Crippen molar-refractivity contribution in [2.24, 2.45) is 4.99 Å². The van der Waals surface area contributed by atoms with Crippen LogP contribution in [0.2, 0.25) is 0 Å². The highest BCUT2D eigenvalue weighted by Gasteiger charge is 2.27. The van der Waals surface area contributed by atoms with Crippen molar-refractivity contribution >= 4 is 22.8 Å². The minimum atomic E-state index is 0.499. The van der Waals surface area contributed by atoms with Crippen LogP contribution in [0, 0.1) is 5.41 Å². The Bertz CT molecular complexity index is 918. The minimum Gasteiger partial charge on any atom is -0.340 e. The molecule has 124 valence electrons. The van der Waals surface area contributed by atoms with Crippen LogP contribution in [-0.4, -0.2) is 23.6 Å². The third kappa shape index (κ3) is 2.94. The van der Waals surface area contributed by atoms with E-state index >= 15 is 0 Å². The summed E-state index contributed by atoms with van der Waals surface area (Å²) in [4.78, 5) is 8.48. The molecule has 1 aliphatic rings. The molecule has 0 radical (unpaired) electrons. The van der Waals surface area contributed by atoms with E-state index in [-0.39, 0.29) is 0 Å². The maximum Gasteiger partial charge on any atom is 0.133 e. The molecule has 0 saturated heterocycles. The molecule has 1 aromatic heterocycles. The summed E-state index contributed by atoms with van der Waals surface area (Å²) in [6.07, 6.45) is 9.24. The normalized spacial score (nSPS) is 14.2. The largest absolute Gasteiger partial charge is 0.340 e. The monoisotopic (exact) mass is 328 g/mol. The molecule has 0 atom stereocenters. The maximum atomic E-state index is 8.48. The first-order valence-electron chi connectivity index (χ1n) is 8.07. The second kappa shape index (κ2) is 7.09. The molecule has 4 nitrogen and oxygen atoms in total. The number of fused-ring (bicyclic) bond motifs is 1. The fraction of sp³-hybridized carbons (Fsp3) is 0.0952. The predicted molar refractivity (Wildman–Crippen MR) is 106 cm³/mol. The van der Waals surface area contributed by atoms with E-state index in [1.807, 2.05) is 49.4 Å². The van der Waals surface area contributed by atoms with Crippen LogP contribution in [0.5, 0.6) is 0 Å². The molecule has 4 heteroatoms. The van der Waals surface area contributed by atoms with Crippen LogP contribution in [0.3, 0.4) is 0 Å². The molecule has 1 aromatic carbocycles. The lowest BCUT2D eigenvalue weighted by Crippen LogP contribution is -2.16. The Labute approximate surface area is 147 Å². The zero-order valence-corrected chi connectivity index (χ0v) is 14.4. The third-order valence-corrected chi connectivity index (χ3v) is 4.12. The van der Waals surface area contributed by atoms with Gasteiger partial charge in [-0.05, 0) is 24.6 Å². The van der Waals surface area contributed by atoms with Gasteiger partial charge in [0.05, 0.1) is 5.71 Å². The first kappa shape index (κ1) is 16.6. The summed E-state index contributed by atoms with van der Waals surface area (Å²) < 4.78 is 0. The number of benzene rings is 1. The van der Waals surface area contributed by atoms with Crippen LogP contribution >= 0.6 is 0 Å². The first-order chi connectivity index (χ1) is 12.2. The predicted octanol–water partition coefficient (Wildman–Crippen LogP) is 4.47. The molecule has 0 spiro atoms. The van der Waals surface area contributed by atoms with Gasteiger partial charge in [0.1, 0.15) is 5.84 Å². The van der Waals surface area contributed by atoms with Gasteiger partial charge in [0.15, 0.2) is 0 Å². The van der Waals surface area contributed by atoms with Crippen LogP contribution in [0.15, 0.2) is 78.1 Å². The van der Waals surface area contributed by atoms with Crippen molar-refractivity contribution < 1.29 is 0 Å². The molecule has 1 heterocycles. The zero-order chi connectivity index (χ0) is 17.8. The van der Waals surface area contributed by atoms with Crippen molar-refractivity contribution in [3.05, 3.63) is 89.8 Å². The Balaban J connectivity index is 2.15. The molecular formula is C21H20N4. The lowest BCUT2D eigenvalue weighted by atomic mass is 9.97. The number of amidine groups is 1. The van der Waals surface area contributed by atoms with Crippen LogP contribution < -0.4 is 5.32 Å². The van der Waals surface area contributed by atoms with Gasteiger partial charge < -0.3 is 5.32 Å². The smallest absolute Gasteiger partial charge is 0.133 e. The highest BCUT2D eigenvalue weighted by molar-refractivity contribution is 6.27. The van der Waals surface area contributed by atoms with Crippen molar-refractivity contribution in [2.45, 2.75) is 6.92 Å². The molecule has 0 saturated carbocycles. The molecule has 25 heavy (non-hydrogen) atoms. The van der Waals surface area contributed by atoms with Gasteiger partial charge >= 0.3 is 0 Å². The number of aliphatic imine (C=N–C) groups is 1. The summed E-state index contributed by atoms with van der Waals surface area (Å²) >= 11 is 0. The molecule has 3 rings (SSSR count). The number of aromatic nitrogens is 1. The topological polar surface area (TPSA) is 61.1 Å². The summed E-state index contributed by atoms with van der Waals surface area (Å²) in [5.74, 6) is 0.753. The molecular weight excluding hydrogens is 308 g/mol. The van der Waals surface area contributed by atoms with E-state index in [9.17, 15) is 0 Å². The highest BCUT2D eigenvalue weighted by Crippen LogP contribution is 2.37. The second-order valence-electron chi connectivity index (χ2n) is 5.57. The third-order valence-electron chi connectivity index (χ3n) is 4.12. The van der Waals surface area contributed by atoms with E-state index in [0.717, 1.165) is 39.4 Å². The molecule has 0 amide bonds. The maximum absolute atomic E-state index is 8.48. The van der Waals surface area contributed by atoms with Gasteiger partial charge in [-0.3, -0.25) is 15.4 Å². The Hall–Kier alpha value is -3.27. The minimum absolute atomic E-state index is 0.499. The Kier molecular flexibility index (Phi) is 4.70. The molecule has 0 unspecified atom stereocenters. The number of nitrogens with zero attached hydrogens (tertiary/aromatic N) is 2. The van der Waals surface area contributed by atoms with E-state index in [1.165, 1.54) is 0 Å². The fourth-order valence-corrected chi connectivity index (χ4v) is 3.03. The summed E-state index contributed by atoms with van der Waals surface area (Å²) in [6, 6.07) is 9.75. The van der Waals surface area contributed by atoms with Crippen LogP contribution in [0.1, 0.15) is 23.6 Å². The summed E-state index contributed by atoms with van der Waals surface area (Å²) in [5, 5.41) is 11.8. The van der Waals surface area contributed by atoms with Crippen molar-refractivity contribution in [3.63, 3.8) is 0 Å². The average Bonchev–Trinajstić information content (AvgIpc) is 2.92. The summed E-state index contributed by atoms with van der Waals surface area (Å²) in [7, 11) is 1.76. The van der Waals surface area contributed by atoms with Crippen LogP contribution in [-0.2, 0) is 0 Å². The number of anilines is 1. The molecule has 2 aromatic rings. The number of hydrogen-bond acceptors (Lipinski definition) is 3. The number of nitrogens with one attached hydrogen (secondary N) is 2. The molecule has 2 N–H and O–H groups in total. The standard InChI is InChI=1S/C21H20N4/c1-4-7-16-15(5-2)20(22)17-8-6-9-18(19(16)17)21(23-3)25-14-10-12-24-13-11-14/h4-13,22H,2H2,1,3H3,(H,23,24,25)/b7-4-,22-20?. The number of pyridine rings is 1. The van der Waals surface area contributed by atoms with Gasteiger partial charge in [-0.25, -0.2) is 0 Å². The van der Waals surface area contributed by atoms with Crippen LogP contribution in [0.25, 0.3) is 5.57 Å². The van der Waals surface area contributed by atoms with Crippen molar-refractivity contribution in [2.75, 3.05) is 12.4 Å². The summed E-state index contributed by atoms with van der Waals surface area (Å²) in [5.41, 5.74) is 6.15. The fourth-order valence-electron chi connectivity index (χ4n) is 3.03. The van der Waals surface area contributed by atoms with Gasteiger partial charge in [-0.15, -0.1) is 0 Å². The lowest BCUT2D eigenvalue weighted by Gasteiger charge is -2.14. The van der Waals surface area contributed by atoms with Gasteiger partial charge in [0, 0.05) is 47.4 Å². The summed E-state index contributed by atoms with van der Waals surface area (Å²) in [6.45, 7) is 5.86. The highest BCUT2D eigenvalue weighted by atomic mass is 15.0. The lowest BCUT2D eigenvalue weighted by molar-refractivity contribution is 1.32. The number of rotatable bonds is 4. The molecule has 0 fully saturated rings. The number of allylic oxidation sites excluding steroid dienone is 5. The Morgan fingerprint density at radius 3 is 2.60 bits per heavy atom. The molecule has 1 aliphatic carbocycles. The van der Waals surface area contributed by atoms with Crippen molar-refractivity contribution in [1.29, 1.82) is 5.41 Å². The Morgan fingerprint density at radius 2 is 1.96 bits per heavy atom. The van der Waals surface area contributed by atoms with Gasteiger partial charge in [-0.2, -0.15) is 0 Å². The first-order valence-corrected chi connectivity index (χ1v) is 8.07. The van der Waals surface area contributed by atoms with E-state index in [0.29, 0.717) is 5.71 Å².